The molecule has 0 aromatic heterocycles. The number of benzene rings is 1. The minimum Gasteiger partial charge on any atom is -0.383 e. The van der Waals surface area contributed by atoms with E-state index in [1.165, 1.54) is 12.8 Å². The van der Waals surface area contributed by atoms with Crippen molar-refractivity contribution in [1.29, 1.82) is 0 Å². The lowest BCUT2D eigenvalue weighted by Gasteiger charge is -2.26. The van der Waals surface area contributed by atoms with Crippen LogP contribution in [0.25, 0.3) is 0 Å². The zero-order valence-corrected chi connectivity index (χ0v) is 13.9. The van der Waals surface area contributed by atoms with Gasteiger partial charge in [0.05, 0.1) is 6.61 Å². The third kappa shape index (κ3) is 4.03. The maximum absolute atomic E-state index is 12.7. The van der Waals surface area contributed by atoms with Gasteiger partial charge in [0.15, 0.2) is 0 Å². The number of methoxy groups -OCH3 is 1. The highest BCUT2D eigenvalue weighted by molar-refractivity contribution is 5.75. The van der Waals surface area contributed by atoms with Crippen LogP contribution >= 0.6 is 0 Å². The zero-order valence-electron chi connectivity index (χ0n) is 13.9. The number of nitrogens with one attached hydrogen (secondary N) is 2. The molecule has 1 saturated heterocycles. The van der Waals surface area contributed by atoms with Crippen LogP contribution in [-0.4, -0.2) is 50.3 Å². The van der Waals surface area contributed by atoms with Gasteiger partial charge in [-0.2, -0.15) is 0 Å². The van der Waals surface area contributed by atoms with E-state index in [2.05, 4.69) is 22.8 Å². The average molecular weight is 317 g/mol. The van der Waals surface area contributed by atoms with E-state index in [1.807, 2.05) is 23.1 Å². The number of carbonyl (C=O) groups is 1. The summed E-state index contributed by atoms with van der Waals surface area (Å²) in [5, 5.41) is 6.65. The molecule has 1 atom stereocenters. The molecule has 1 aliphatic carbocycles. The molecular weight excluding hydrogens is 290 g/mol. The summed E-state index contributed by atoms with van der Waals surface area (Å²) < 4.78 is 5.16. The molecule has 1 aromatic rings. The molecule has 1 unspecified atom stereocenters. The summed E-state index contributed by atoms with van der Waals surface area (Å²) in [6.07, 6.45) is 3.48. The van der Waals surface area contributed by atoms with E-state index in [-0.39, 0.29) is 6.03 Å². The summed E-state index contributed by atoms with van der Waals surface area (Å²) in [5.41, 5.74) is 1.51. The first-order valence-corrected chi connectivity index (χ1v) is 8.52. The Balaban J connectivity index is 1.57. The first-order chi connectivity index (χ1) is 11.2. The lowest BCUT2D eigenvalue weighted by molar-refractivity contribution is 0.145. The van der Waals surface area contributed by atoms with Crippen molar-refractivity contribution >= 4 is 6.03 Å². The standard InChI is InChI=1S/C18H27N3O2/c1-23-12-11-21(14-15-5-3-2-4-6-15)17(22)20-16-13-18(16)7-9-19-10-8-18/h2-6,16,19H,7-14H2,1H3,(H,20,22). The highest BCUT2D eigenvalue weighted by atomic mass is 16.5. The molecule has 0 bridgehead atoms. The first kappa shape index (κ1) is 16.3. The van der Waals surface area contributed by atoms with Crippen LogP contribution < -0.4 is 10.6 Å². The molecular formula is C18H27N3O2. The van der Waals surface area contributed by atoms with Gasteiger partial charge in [-0.1, -0.05) is 30.3 Å². The van der Waals surface area contributed by atoms with Gasteiger partial charge in [-0.05, 0) is 43.3 Å². The Bertz CT molecular complexity index is 514. The fourth-order valence-corrected chi connectivity index (χ4v) is 3.53. The molecule has 2 fully saturated rings. The van der Waals surface area contributed by atoms with Crippen LogP contribution in [0.5, 0.6) is 0 Å². The molecule has 1 aliphatic heterocycles. The third-order valence-corrected chi connectivity index (χ3v) is 5.16. The SMILES string of the molecule is COCCN(Cc1ccccc1)C(=O)NC1CC12CCNCC2. The molecule has 23 heavy (non-hydrogen) atoms. The number of urea groups is 1. The number of piperidine rings is 1. The Morgan fingerprint density at radius 3 is 2.78 bits per heavy atom. The molecule has 126 valence electrons. The number of hydrogen-bond acceptors (Lipinski definition) is 3. The molecule has 1 spiro atoms. The summed E-state index contributed by atoms with van der Waals surface area (Å²) in [5.74, 6) is 0. The van der Waals surface area contributed by atoms with Crippen LogP contribution in [0.3, 0.4) is 0 Å². The fraction of sp³-hybridized carbons (Fsp3) is 0.611. The van der Waals surface area contributed by atoms with Gasteiger partial charge in [0.1, 0.15) is 0 Å². The summed E-state index contributed by atoms with van der Waals surface area (Å²) in [7, 11) is 1.67. The predicted molar refractivity (Wildman–Crippen MR) is 90.2 cm³/mol. The van der Waals surface area contributed by atoms with Gasteiger partial charge in [0.25, 0.3) is 0 Å². The van der Waals surface area contributed by atoms with E-state index in [0.717, 1.165) is 25.1 Å². The van der Waals surface area contributed by atoms with Gasteiger partial charge in [-0.25, -0.2) is 4.79 Å². The predicted octanol–water partition coefficient (Wildman–Crippen LogP) is 1.99. The summed E-state index contributed by atoms with van der Waals surface area (Å²) in [6, 6.07) is 10.5. The van der Waals surface area contributed by atoms with Crippen LogP contribution in [0.2, 0.25) is 0 Å². The lowest BCUT2D eigenvalue weighted by Crippen LogP contribution is -2.44. The van der Waals surface area contributed by atoms with E-state index in [4.69, 9.17) is 4.74 Å². The highest BCUT2D eigenvalue weighted by Gasteiger charge is 2.54. The number of amides is 2. The second-order valence-corrected chi connectivity index (χ2v) is 6.72. The van der Waals surface area contributed by atoms with Crippen LogP contribution in [0.4, 0.5) is 4.79 Å². The van der Waals surface area contributed by atoms with Gasteiger partial charge < -0.3 is 20.3 Å². The van der Waals surface area contributed by atoms with Crippen LogP contribution in [0.1, 0.15) is 24.8 Å². The second-order valence-electron chi connectivity index (χ2n) is 6.72. The van der Waals surface area contributed by atoms with Crippen molar-refractivity contribution in [3.8, 4) is 0 Å². The molecule has 5 nitrogen and oxygen atoms in total. The molecule has 3 rings (SSSR count). The van der Waals surface area contributed by atoms with Crippen molar-refractivity contribution < 1.29 is 9.53 Å². The van der Waals surface area contributed by atoms with Crippen molar-refractivity contribution in [3.63, 3.8) is 0 Å². The largest absolute Gasteiger partial charge is 0.383 e. The summed E-state index contributed by atoms with van der Waals surface area (Å²) in [6.45, 7) is 3.93. The summed E-state index contributed by atoms with van der Waals surface area (Å²) >= 11 is 0. The maximum Gasteiger partial charge on any atom is 0.318 e. The van der Waals surface area contributed by atoms with Crippen molar-refractivity contribution in [2.24, 2.45) is 5.41 Å². The topological polar surface area (TPSA) is 53.6 Å². The van der Waals surface area contributed by atoms with E-state index < -0.39 is 0 Å². The zero-order chi connectivity index (χ0) is 16.1. The Labute approximate surface area is 138 Å². The van der Waals surface area contributed by atoms with Crippen molar-refractivity contribution in [3.05, 3.63) is 35.9 Å². The van der Waals surface area contributed by atoms with Crippen LogP contribution in [-0.2, 0) is 11.3 Å². The minimum absolute atomic E-state index is 0.0336. The first-order valence-electron chi connectivity index (χ1n) is 8.52. The Kier molecular flexibility index (Phi) is 5.18. The van der Waals surface area contributed by atoms with Gasteiger partial charge in [0, 0.05) is 26.2 Å². The molecule has 0 radical (unpaired) electrons. The molecule has 1 heterocycles. The Hall–Kier alpha value is -1.59. The van der Waals surface area contributed by atoms with E-state index in [9.17, 15) is 4.79 Å². The Morgan fingerprint density at radius 1 is 1.35 bits per heavy atom. The normalized spacial score (nSPS) is 21.9. The number of ether oxygens (including phenoxy) is 1. The van der Waals surface area contributed by atoms with Gasteiger partial charge in [-0.15, -0.1) is 0 Å². The number of rotatable bonds is 6. The van der Waals surface area contributed by atoms with Crippen LogP contribution in [0.15, 0.2) is 30.3 Å². The quantitative estimate of drug-likeness (QED) is 0.843. The smallest absolute Gasteiger partial charge is 0.318 e. The van der Waals surface area contributed by atoms with Gasteiger partial charge in [-0.3, -0.25) is 0 Å². The molecule has 5 heteroatoms. The van der Waals surface area contributed by atoms with Crippen molar-refractivity contribution in [2.75, 3.05) is 33.4 Å². The van der Waals surface area contributed by atoms with Crippen molar-refractivity contribution in [1.82, 2.24) is 15.5 Å². The van der Waals surface area contributed by atoms with Crippen LogP contribution in [0, 0.1) is 5.41 Å². The molecule has 1 saturated carbocycles. The van der Waals surface area contributed by atoms with E-state index >= 15 is 0 Å². The lowest BCUT2D eigenvalue weighted by atomic mass is 9.94. The van der Waals surface area contributed by atoms with Gasteiger partial charge >= 0.3 is 6.03 Å². The number of hydrogen-bond donors (Lipinski definition) is 2. The minimum atomic E-state index is 0.0336. The molecule has 1 aromatic carbocycles. The maximum atomic E-state index is 12.7. The molecule has 2 amide bonds. The second kappa shape index (κ2) is 7.32. The average Bonchev–Trinajstić information content (AvgIpc) is 3.23. The van der Waals surface area contributed by atoms with E-state index in [0.29, 0.717) is 31.2 Å². The highest BCUT2D eigenvalue weighted by Crippen LogP contribution is 2.52. The fourth-order valence-electron chi connectivity index (χ4n) is 3.53. The molecule has 2 aliphatic rings. The summed E-state index contributed by atoms with van der Waals surface area (Å²) in [4.78, 5) is 14.5. The number of nitrogens with zero attached hydrogens (tertiary/aromatic N) is 1. The monoisotopic (exact) mass is 317 g/mol. The van der Waals surface area contributed by atoms with Crippen molar-refractivity contribution in [2.45, 2.75) is 31.8 Å². The molecule has 2 N–H and O–H groups in total. The van der Waals surface area contributed by atoms with E-state index in [1.54, 1.807) is 7.11 Å². The van der Waals surface area contributed by atoms with Gasteiger partial charge in [0.2, 0.25) is 0 Å². The third-order valence-electron chi connectivity index (χ3n) is 5.16. The Morgan fingerprint density at radius 2 is 2.09 bits per heavy atom. The number of carbonyl (C=O) groups excluding carboxylic acids is 1.